The SMILES string of the molecule is C=C(Nc1ccc(F)cn1)C1=C(/C(=C\C)C(=O)NC)Nc2c(cccc2SC)O1. The molecule has 8 heteroatoms. The summed E-state index contributed by atoms with van der Waals surface area (Å²) in [6.45, 7) is 5.80. The van der Waals surface area contributed by atoms with E-state index >= 15 is 0 Å². The Hall–Kier alpha value is -3.26. The van der Waals surface area contributed by atoms with Crippen LogP contribution in [0.1, 0.15) is 6.92 Å². The predicted molar refractivity (Wildman–Crippen MR) is 114 cm³/mol. The number of para-hydroxylation sites is 1. The number of hydrogen-bond donors (Lipinski definition) is 3. The number of allylic oxidation sites excluding steroid dienone is 1. The van der Waals surface area contributed by atoms with Crippen molar-refractivity contribution in [3.8, 4) is 5.75 Å². The van der Waals surface area contributed by atoms with Gasteiger partial charge in [0.2, 0.25) is 0 Å². The molecule has 3 N–H and O–H groups in total. The van der Waals surface area contributed by atoms with Gasteiger partial charge in [-0.15, -0.1) is 11.8 Å². The van der Waals surface area contributed by atoms with E-state index in [4.69, 9.17) is 4.74 Å². The summed E-state index contributed by atoms with van der Waals surface area (Å²) in [5.41, 5.74) is 2.02. The third kappa shape index (κ3) is 4.27. The highest BCUT2D eigenvalue weighted by atomic mass is 32.2. The summed E-state index contributed by atoms with van der Waals surface area (Å²) < 4.78 is 19.3. The summed E-state index contributed by atoms with van der Waals surface area (Å²) in [7, 11) is 1.56. The molecule has 0 unspecified atom stereocenters. The zero-order chi connectivity index (χ0) is 21.0. The van der Waals surface area contributed by atoms with Gasteiger partial charge >= 0.3 is 0 Å². The second kappa shape index (κ2) is 8.83. The number of pyridine rings is 1. The van der Waals surface area contributed by atoms with Crippen LogP contribution < -0.4 is 20.7 Å². The summed E-state index contributed by atoms with van der Waals surface area (Å²) in [4.78, 5) is 17.4. The van der Waals surface area contributed by atoms with E-state index in [2.05, 4.69) is 27.5 Å². The number of fused-ring (bicyclic) bond motifs is 1. The maximum Gasteiger partial charge on any atom is 0.252 e. The molecule has 2 heterocycles. The maximum absolute atomic E-state index is 13.1. The average molecular weight is 412 g/mol. The van der Waals surface area contributed by atoms with Crippen molar-refractivity contribution in [2.24, 2.45) is 0 Å². The van der Waals surface area contributed by atoms with Crippen molar-refractivity contribution >= 4 is 29.2 Å². The molecule has 1 amide bonds. The summed E-state index contributed by atoms with van der Waals surface area (Å²) in [5.74, 6) is 0.647. The summed E-state index contributed by atoms with van der Waals surface area (Å²) in [6, 6.07) is 8.47. The van der Waals surface area contributed by atoms with Gasteiger partial charge < -0.3 is 20.7 Å². The number of likely N-dealkylation sites (N-methyl/N-ethyl adjacent to an activating group) is 1. The fourth-order valence-corrected chi connectivity index (χ4v) is 3.39. The Bertz CT molecular complexity index is 1020. The number of halogens is 1. The molecule has 0 aliphatic carbocycles. The van der Waals surface area contributed by atoms with Crippen molar-refractivity contribution in [3.63, 3.8) is 0 Å². The lowest BCUT2D eigenvalue weighted by molar-refractivity contribution is -0.116. The van der Waals surface area contributed by atoms with Crippen LogP contribution in [0.5, 0.6) is 5.75 Å². The highest BCUT2D eigenvalue weighted by Crippen LogP contribution is 2.42. The Morgan fingerprint density at radius 1 is 1.34 bits per heavy atom. The fourth-order valence-electron chi connectivity index (χ4n) is 2.82. The van der Waals surface area contributed by atoms with E-state index in [0.29, 0.717) is 34.3 Å². The van der Waals surface area contributed by atoms with Gasteiger partial charge in [-0.1, -0.05) is 18.7 Å². The molecule has 0 saturated heterocycles. The lowest BCUT2D eigenvalue weighted by atomic mass is 10.1. The maximum atomic E-state index is 13.1. The molecule has 1 aromatic carbocycles. The number of rotatable bonds is 6. The number of nitrogens with zero attached hydrogens (tertiary/aromatic N) is 1. The predicted octanol–water partition coefficient (Wildman–Crippen LogP) is 4.28. The second-order valence-electron chi connectivity index (χ2n) is 6.01. The van der Waals surface area contributed by atoms with Gasteiger partial charge in [0.15, 0.2) is 11.5 Å². The zero-order valence-electron chi connectivity index (χ0n) is 16.3. The van der Waals surface area contributed by atoms with Gasteiger partial charge in [0.05, 0.1) is 28.9 Å². The van der Waals surface area contributed by atoms with Crippen molar-refractivity contribution in [1.29, 1.82) is 0 Å². The third-order valence-electron chi connectivity index (χ3n) is 4.21. The van der Waals surface area contributed by atoms with Crippen LogP contribution in [0, 0.1) is 5.82 Å². The first-order valence-electron chi connectivity index (χ1n) is 8.81. The summed E-state index contributed by atoms with van der Waals surface area (Å²) in [6.07, 6.45) is 4.76. The highest BCUT2D eigenvalue weighted by Gasteiger charge is 2.28. The number of hydrogen-bond acceptors (Lipinski definition) is 6. The van der Waals surface area contributed by atoms with Crippen LogP contribution in [0.15, 0.2) is 76.8 Å². The van der Waals surface area contributed by atoms with Crippen molar-refractivity contribution in [2.75, 3.05) is 23.9 Å². The Balaban J connectivity index is 2.05. The van der Waals surface area contributed by atoms with Crippen molar-refractivity contribution in [3.05, 3.63) is 77.7 Å². The zero-order valence-corrected chi connectivity index (χ0v) is 17.1. The molecule has 1 aliphatic heterocycles. The molecule has 0 bridgehead atoms. The topological polar surface area (TPSA) is 75.3 Å². The van der Waals surface area contributed by atoms with Gasteiger partial charge in [0.1, 0.15) is 11.6 Å². The lowest BCUT2D eigenvalue weighted by Crippen LogP contribution is -2.28. The van der Waals surface area contributed by atoms with E-state index in [1.807, 2.05) is 24.5 Å². The number of thioether (sulfide) groups is 1. The molecule has 3 rings (SSSR count). The van der Waals surface area contributed by atoms with Crippen molar-refractivity contribution in [2.45, 2.75) is 11.8 Å². The van der Waals surface area contributed by atoms with E-state index < -0.39 is 5.82 Å². The van der Waals surface area contributed by atoms with Gasteiger partial charge in [-0.3, -0.25) is 4.79 Å². The quantitative estimate of drug-likeness (QED) is 0.486. The number of nitrogens with one attached hydrogen (secondary N) is 3. The minimum absolute atomic E-state index is 0.270. The monoisotopic (exact) mass is 412 g/mol. The molecule has 150 valence electrons. The van der Waals surface area contributed by atoms with Gasteiger partial charge in [-0.25, -0.2) is 9.37 Å². The molecule has 1 aromatic heterocycles. The number of anilines is 2. The first-order chi connectivity index (χ1) is 14.0. The van der Waals surface area contributed by atoms with E-state index in [9.17, 15) is 9.18 Å². The smallest absolute Gasteiger partial charge is 0.252 e. The molecular weight excluding hydrogens is 391 g/mol. The number of aromatic nitrogens is 1. The third-order valence-corrected chi connectivity index (χ3v) is 4.99. The Labute approximate surface area is 172 Å². The molecule has 0 fully saturated rings. The number of ether oxygens (including phenoxy) is 1. The largest absolute Gasteiger partial charge is 0.451 e. The minimum atomic E-state index is -0.439. The highest BCUT2D eigenvalue weighted by molar-refractivity contribution is 7.98. The minimum Gasteiger partial charge on any atom is -0.451 e. The van der Waals surface area contributed by atoms with Crippen LogP contribution in [0.25, 0.3) is 0 Å². The van der Waals surface area contributed by atoms with Crippen LogP contribution in [0.4, 0.5) is 15.9 Å². The summed E-state index contributed by atoms with van der Waals surface area (Å²) >= 11 is 1.56. The standard InChI is InChI=1S/C21H21FN4O2S/c1-5-14(21(27)23-3)18-20(12(2)25-17-10-9-13(22)11-24-17)28-15-7-6-8-16(29-4)19(15)26-18/h5-11,26H,2H2,1,3-4H3,(H,23,27)(H,24,25)/b14-5+. The number of carbonyl (C=O) groups is 1. The van der Waals surface area contributed by atoms with Crippen LogP contribution >= 0.6 is 11.8 Å². The lowest BCUT2D eigenvalue weighted by Gasteiger charge is -2.28. The van der Waals surface area contributed by atoms with Gasteiger partial charge in [-0.2, -0.15) is 0 Å². The Morgan fingerprint density at radius 2 is 2.14 bits per heavy atom. The average Bonchev–Trinajstić information content (AvgIpc) is 2.74. The van der Waals surface area contributed by atoms with E-state index in [0.717, 1.165) is 16.8 Å². The van der Waals surface area contributed by atoms with Gasteiger partial charge in [0, 0.05) is 11.9 Å². The molecule has 6 nitrogen and oxygen atoms in total. The molecule has 0 saturated carbocycles. The molecule has 2 aromatic rings. The van der Waals surface area contributed by atoms with Crippen LogP contribution in [-0.4, -0.2) is 24.2 Å². The second-order valence-corrected chi connectivity index (χ2v) is 6.86. The number of amides is 1. The van der Waals surface area contributed by atoms with Crippen molar-refractivity contribution < 1.29 is 13.9 Å². The molecule has 29 heavy (non-hydrogen) atoms. The van der Waals surface area contributed by atoms with E-state index in [1.165, 1.54) is 12.1 Å². The fraction of sp³-hybridized carbons (Fsp3) is 0.143. The van der Waals surface area contributed by atoms with Crippen LogP contribution in [0.3, 0.4) is 0 Å². The first kappa shape index (κ1) is 20.5. The first-order valence-corrected chi connectivity index (χ1v) is 10.0. The summed E-state index contributed by atoms with van der Waals surface area (Å²) in [5, 5.41) is 8.97. The van der Waals surface area contributed by atoms with Crippen LogP contribution in [0.2, 0.25) is 0 Å². The van der Waals surface area contributed by atoms with Crippen LogP contribution in [-0.2, 0) is 4.79 Å². The van der Waals surface area contributed by atoms with Gasteiger partial charge in [-0.05, 0) is 37.4 Å². The van der Waals surface area contributed by atoms with Gasteiger partial charge in [0.25, 0.3) is 5.91 Å². The molecule has 0 atom stereocenters. The number of benzene rings is 1. The Morgan fingerprint density at radius 3 is 2.76 bits per heavy atom. The van der Waals surface area contributed by atoms with E-state index in [-0.39, 0.29) is 5.91 Å². The Kier molecular flexibility index (Phi) is 6.23. The molecule has 0 radical (unpaired) electrons. The molecule has 0 spiro atoms. The molecule has 1 aliphatic rings. The molecular formula is C21H21FN4O2S. The van der Waals surface area contributed by atoms with Crippen molar-refractivity contribution in [1.82, 2.24) is 10.3 Å². The van der Waals surface area contributed by atoms with E-state index in [1.54, 1.807) is 31.8 Å². The normalized spacial score (nSPS) is 13.2. The number of carbonyl (C=O) groups excluding carboxylic acids is 1.